The number of ether oxygens (including phenoxy) is 1. The first kappa shape index (κ1) is 32.8. The highest BCUT2D eigenvalue weighted by Crippen LogP contribution is 2.29. The molecule has 4 aromatic carbocycles. The van der Waals surface area contributed by atoms with E-state index in [9.17, 15) is 24.3 Å². The maximum Gasteiger partial charge on any atom is 0.335 e. The van der Waals surface area contributed by atoms with Crippen molar-refractivity contribution < 1.29 is 29.0 Å². The van der Waals surface area contributed by atoms with Gasteiger partial charge in [0.1, 0.15) is 11.4 Å². The van der Waals surface area contributed by atoms with E-state index in [-0.39, 0.29) is 27.9 Å². The van der Waals surface area contributed by atoms with Gasteiger partial charge in [0, 0.05) is 16.1 Å². The fourth-order valence-corrected chi connectivity index (χ4v) is 5.12. The first-order chi connectivity index (χ1) is 21.6. The lowest BCUT2D eigenvalue weighted by Crippen LogP contribution is -2.30. The molecule has 0 spiro atoms. The predicted molar refractivity (Wildman–Crippen MR) is 177 cm³/mol. The maximum absolute atomic E-state index is 13.5. The number of hydrogen-bond acceptors (Lipinski definition) is 6. The lowest BCUT2D eigenvalue weighted by Gasteiger charge is -2.15. The SMILES string of the molecule is CCOc1ccc(/C=C(/NC(=O)c2ccccc2)C(=O)Nc2cccc(SC(C)C(=O)Nc3cc(C(=O)O)ccc3Cl)c2)cc1. The average Bonchev–Trinajstić information content (AvgIpc) is 3.03. The van der Waals surface area contributed by atoms with Crippen molar-refractivity contribution in [1.82, 2.24) is 5.32 Å². The summed E-state index contributed by atoms with van der Waals surface area (Å²) in [5.74, 6) is -1.83. The number of halogens is 1. The number of anilines is 2. The summed E-state index contributed by atoms with van der Waals surface area (Å²) in [6, 6.07) is 26.6. The number of rotatable bonds is 12. The molecule has 0 aliphatic carbocycles. The summed E-state index contributed by atoms with van der Waals surface area (Å²) in [6.45, 7) is 4.10. The highest BCUT2D eigenvalue weighted by molar-refractivity contribution is 8.00. The quantitative estimate of drug-likeness (QED) is 0.0968. The molecule has 230 valence electrons. The Labute approximate surface area is 269 Å². The average molecular weight is 644 g/mol. The molecule has 0 saturated carbocycles. The van der Waals surface area contributed by atoms with Crippen LogP contribution in [0.5, 0.6) is 5.75 Å². The van der Waals surface area contributed by atoms with Gasteiger partial charge in [-0.05, 0) is 86.2 Å². The molecule has 0 bridgehead atoms. The minimum atomic E-state index is -1.14. The molecule has 0 radical (unpaired) electrons. The molecule has 4 aromatic rings. The van der Waals surface area contributed by atoms with E-state index in [1.54, 1.807) is 91.9 Å². The Hall–Kier alpha value is -5.06. The second kappa shape index (κ2) is 15.6. The fourth-order valence-electron chi connectivity index (χ4n) is 4.03. The van der Waals surface area contributed by atoms with Crippen molar-refractivity contribution in [2.75, 3.05) is 17.2 Å². The van der Waals surface area contributed by atoms with Crippen LogP contribution in [-0.4, -0.2) is 40.7 Å². The molecule has 3 amide bonds. The van der Waals surface area contributed by atoms with Crippen molar-refractivity contribution in [3.8, 4) is 5.75 Å². The van der Waals surface area contributed by atoms with Gasteiger partial charge in [0.2, 0.25) is 5.91 Å². The van der Waals surface area contributed by atoms with Gasteiger partial charge in [-0.1, -0.05) is 48.0 Å². The number of carbonyl (C=O) groups excluding carboxylic acids is 3. The molecule has 4 N–H and O–H groups in total. The lowest BCUT2D eigenvalue weighted by molar-refractivity contribution is -0.115. The predicted octanol–water partition coefficient (Wildman–Crippen LogP) is 6.97. The third kappa shape index (κ3) is 9.46. The molecule has 1 unspecified atom stereocenters. The smallest absolute Gasteiger partial charge is 0.335 e. The molecule has 0 saturated heterocycles. The second-order valence-corrected chi connectivity index (χ2v) is 11.4. The van der Waals surface area contributed by atoms with E-state index >= 15 is 0 Å². The van der Waals surface area contributed by atoms with Gasteiger partial charge in [-0.15, -0.1) is 11.8 Å². The van der Waals surface area contributed by atoms with Gasteiger partial charge in [-0.25, -0.2) is 4.79 Å². The molecule has 1 atom stereocenters. The van der Waals surface area contributed by atoms with Crippen LogP contribution in [0.1, 0.15) is 40.1 Å². The zero-order valence-corrected chi connectivity index (χ0v) is 25.9. The van der Waals surface area contributed by atoms with Crippen LogP contribution in [0, 0.1) is 0 Å². The summed E-state index contributed by atoms with van der Waals surface area (Å²) >= 11 is 7.38. The topological polar surface area (TPSA) is 134 Å². The van der Waals surface area contributed by atoms with E-state index in [1.165, 1.54) is 30.0 Å². The Bertz CT molecular complexity index is 1730. The molecule has 0 aromatic heterocycles. The van der Waals surface area contributed by atoms with E-state index in [2.05, 4.69) is 16.0 Å². The first-order valence-electron chi connectivity index (χ1n) is 13.9. The highest BCUT2D eigenvalue weighted by atomic mass is 35.5. The number of carbonyl (C=O) groups is 4. The number of nitrogens with one attached hydrogen (secondary N) is 3. The molecule has 0 heterocycles. The summed E-state index contributed by atoms with van der Waals surface area (Å²) < 4.78 is 5.49. The van der Waals surface area contributed by atoms with E-state index in [0.717, 1.165) is 0 Å². The largest absolute Gasteiger partial charge is 0.494 e. The zero-order valence-electron chi connectivity index (χ0n) is 24.4. The van der Waals surface area contributed by atoms with Crippen LogP contribution in [0.3, 0.4) is 0 Å². The summed E-state index contributed by atoms with van der Waals surface area (Å²) in [4.78, 5) is 51.3. The molecule has 11 heteroatoms. The summed E-state index contributed by atoms with van der Waals surface area (Å²) in [5.41, 5.74) is 1.73. The van der Waals surface area contributed by atoms with Crippen molar-refractivity contribution in [1.29, 1.82) is 0 Å². The van der Waals surface area contributed by atoms with Crippen molar-refractivity contribution >= 4 is 64.5 Å². The van der Waals surface area contributed by atoms with Crippen LogP contribution in [0.25, 0.3) is 6.08 Å². The molecular weight excluding hydrogens is 614 g/mol. The standard InChI is InChI=1S/C34H30ClN3O6S/c1-3-44-26-15-12-22(13-16-26)18-30(38-32(40)23-8-5-4-6-9-23)33(41)36-25-10-7-11-27(20-25)45-21(2)31(39)37-29-19-24(34(42)43)14-17-28(29)35/h4-21H,3H2,1-2H3,(H,36,41)(H,37,39)(H,38,40)(H,42,43)/b30-18+. The van der Waals surface area contributed by atoms with Crippen LogP contribution >= 0.6 is 23.4 Å². The van der Waals surface area contributed by atoms with Crippen LogP contribution in [0.15, 0.2) is 108 Å². The van der Waals surface area contributed by atoms with E-state index in [4.69, 9.17) is 16.3 Å². The number of carboxylic acid groups (broad SMARTS) is 1. The zero-order chi connectivity index (χ0) is 32.3. The van der Waals surface area contributed by atoms with Crippen molar-refractivity contribution in [2.24, 2.45) is 0 Å². The van der Waals surface area contributed by atoms with Gasteiger partial charge >= 0.3 is 5.97 Å². The third-order valence-electron chi connectivity index (χ3n) is 6.28. The Morgan fingerprint density at radius 1 is 0.889 bits per heavy atom. The molecule has 0 aliphatic heterocycles. The lowest BCUT2D eigenvalue weighted by atomic mass is 10.1. The van der Waals surface area contributed by atoms with Gasteiger partial charge in [0.05, 0.1) is 28.1 Å². The summed E-state index contributed by atoms with van der Waals surface area (Å²) in [5, 5.41) is 17.1. The minimum Gasteiger partial charge on any atom is -0.494 e. The number of benzene rings is 4. The highest BCUT2D eigenvalue weighted by Gasteiger charge is 2.19. The van der Waals surface area contributed by atoms with E-state index in [0.29, 0.717) is 34.1 Å². The number of thioether (sulfide) groups is 1. The Kier molecular flexibility index (Phi) is 11.4. The number of carboxylic acids is 1. The van der Waals surface area contributed by atoms with Crippen molar-refractivity contribution in [3.05, 3.63) is 124 Å². The number of hydrogen-bond donors (Lipinski definition) is 4. The Morgan fingerprint density at radius 2 is 1.62 bits per heavy atom. The third-order valence-corrected chi connectivity index (χ3v) is 7.70. The number of amides is 3. The molecular formula is C34H30ClN3O6S. The van der Waals surface area contributed by atoms with Gasteiger partial charge in [-0.3, -0.25) is 14.4 Å². The van der Waals surface area contributed by atoms with Crippen LogP contribution in [0.2, 0.25) is 5.02 Å². The Morgan fingerprint density at radius 3 is 2.31 bits per heavy atom. The molecule has 0 fully saturated rings. The van der Waals surface area contributed by atoms with E-state index < -0.39 is 23.0 Å². The first-order valence-corrected chi connectivity index (χ1v) is 15.1. The Balaban J connectivity index is 1.48. The maximum atomic E-state index is 13.5. The normalized spacial score (nSPS) is 11.7. The van der Waals surface area contributed by atoms with E-state index in [1.807, 2.05) is 6.92 Å². The summed E-state index contributed by atoms with van der Waals surface area (Å²) in [6.07, 6.45) is 1.57. The van der Waals surface area contributed by atoms with Gasteiger partial charge in [0.15, 0.2) is 0 Å². The second-order valence-electron chi connectivity index (χ2n) is 9.61. The van der Waals surface area contributed by atoms with Gasteiger partial charge in [-0.2, -0.15) is 0 Å². The van der Waals surface area contributed by atoms with Crippen molar-refractivity contribution in [3.63, 3.8) is 0 Å². The van der Waals surface area contributed by atoms with Gasteiger partial charge in [0.25, 0.3) is 11.8 Å². The minimum absolute atomic E-state index is 0.00523. The van der Waals surface area contributed by atoms with Crippen molar-refractivity contribution in [2.45, 2.75) is 24.0 Å². The van der Waals surface area contributed by atoms with Gasteiger partial charge < -0.3 is 25.8 Å². The van der Waals surface area contributed by atoms with Crippen LogP contribution in [0.4, 0.5) is 11.4 Å². The summed E-state index contributed by atoms with van der Waals surface area (Å²) in [7, 11) is 0. The number of aromatic carboxylic acids is 1. The molecule has 45 heavy (non-hydrogen) atoms. The van der Waals surface area contributed by atoms with Crippen LogP contribution in [-0.2, 0) is 9.59 Å². The molecule has 9 nitrogen and oxygen atoms in total. The molecule has 0 aliphatic rings. The monoisotopic (exact) mass is 643 g/mol. The van der Waals surface area contributed by atoms with Crippen LogP contribution < -0.4 is 20.7 Å². The molecule has 4 rings (SSSR count). The fraction of sp³-hybridized carbons (Fsp3) is 0.118.